The molecule has 3 heterocycles. The Morgan fingerprint density at radius 1 is 1.20 bits per heavy atom. The van der Waals surface area contributed by atoms with Gasteiger partial charge in [0, 0.05) is 50.3 Å². The molecule has 0 bridgehead atoms. The minimum Gasteiger partial charge on any atom is -0.363 e. The molecular weight excluding hydrogens is 312 g/mol. The van der Waals surface area contributed by atoms with Crippen LogP contribution in [0.25, 0.3) is 0 Å². The number of amides is 1. The molecule has 1 fully saturated rings. The van der Waals surface area contributed by atoms with Gasteiger partial charge >= 0.3 is 0 Å². The number of hydrogen-bond acceptors (Lipinski definition) is 4. The largest absolute Gasteiger partial charge is 0.363 e. The van der Waals surface area contributed by atoms with Crippen molar-refractivity contribution in [2.45, 2.75) is 38.1 Å². The number of likely N-dealkylation sites (tertiary alicyclic amines) is 1. The van der Waals surface area contributed by atoms with E-state index in [0.29, 0.717) is 6.04 Å². The van der Waals surface area contributed by atoms with Gasteiger partial charge in [-0.15, -0.1) is 0 Å². The third-order valence-corrected chi connectivity index (χ3v) is 4.80. The zero-order chi connectivity index (χ0) is 17.6. The Balaban J connectivity index is 1.67. The van der Waals surface area contributed by atoms with Crippen molar-refractivity contribution >= 4 is 11.7 Å². The highest BCUT2D eigenvalue weighted by atomic mass is 16.2. The Hall–Kier alpha value is -2.43. The van der Waals surface area contributed by atoms with Crippen molar-refractivity contribution in [3.63, 3.8) is 0 Å². The monoisotopic (exact) mass is 338 g/mol. The van der Waals surface area contributed by atoms with E-state index in [9.17, 15) is 4.79 Å². The lowest BCUT2D eigenvalue weighted by atomic mass is 9.96. The Labute approximate surface area is 149 Å². The molecule has 2 aromatic rings. The molecule has 132 valence electrons. The van der Waals surface area contributed by atoms with Gasteiger partial charge in [-0.3, -0.25) is 9.78 Å². The number of carbonyl (C=O) groups excluding carboxylic acids is 1. The third-order valence-electron chi connectivity index (χ3n) is 4.80. The fraction of sp³-hybridized carbons (Fsp3) is 0.450. The SMILES string of the molecule is CN(C)c1cccc(CC[C@H]2CCCCN2C(=O)c2ccncc2)n1. The number of carbonyl (C=O) groups is 1. The zero-order valence-electron chi connectivity index (χ0n) is 15.1. The number of aromatic nitrogens is 2. The summed E-state index contributed by atoms with van der Waals surface area (Å²) in [5.74, 6) is 1.10. The van der Waals surface area contributed by atoms with Crippen LogP contribution in [-0.4, -0.2) is 47.5 Å². The summed E-state index contributed by atoms with van der Waals surface area (Å²) >= 11 is 0. The summed E-state index contributed by atoms with van der Waals surface area (Å²) in [4.78, 5) is 25.6. The van der Waals surface area contributed by atoms with E-state index in [0.717, 1.165) is 49.3 Å². The molecule has 1 aliphatic heterocycles. The molecule has 5 nitrogen and oxygen atoms in total. The lowest BCUT2D eigenvalue weighted by Gasteiger charge is -2.36. The highest BCUT2D eigenvalue weighted by Crippen LogP contribution is 2.23. The summed E-state index contributed by atoms with van der Waals surface area (Å²) in [6, 6.07) is 10.0. The first-order valence-corrected chi connectivity index (χ1v) is 8.99. The number of aryl methyl sites for hydroxylation is 1. The molecular formula is C20H26N4O. The summed E-state index contributed by atoms with van der Waals surface area (Å²) in [5.41, 5.74) is 1.82. The Morgan fingerprint density at radius 3 is 2.76 bits per heavy atom. The fourth-order valence-corrected chi connectivity index (χ4v) is 3.40. The maximum Gasteiger partial charge on any atom is 0.254 e. The van der Waals surface area contributed by atoms with E-state index in [-0.39, 0.29) is 5.91 Å². The van der Waals surface area contributed by atoms with Gasteiger partial charge in [-0.25, -0.2) is 4.98 Å². The zero-order valence-corrected chi connectivity index (χ0v) is 15.1. The molecule has 1 atom stereocenters. The first kappa shape index (κ1) is 17.4. The van der Waals surface area contributed by atoms with Crippen molar-refractivity contribution in [2.75, 3.05) is 25.5 Å². The number of rotatable bonds is 5. The van der Waals surface area contributed by atoms with Crippen LogP contribution in [0.5, 0.6) is 0 Å². The van der Waals surface area contributed by atoms with Crippen molar-refractivity contribution in [3.05, 3.63) is 54.0 Å². The second-order valence-corrected chi connectivity index (χ2v) is 6.80. The standard InChI is InChI=1S/C20H26N4O/c1-23(2)19-8-5-6-17(22-19)9-10-18-7-3-4-15-24(18)20(25)16-11-13-21-14-12-16/h5-6,8,11-14,18H,3-4,7,9-10,15H2,1-2H3/t18-/m1/s1. The first-order chi connectivity index (χ1) is 12.1. The van der Waals surface area contributed by atoms with Crippen molar-refractivity contribution in [1.29, 1.82) is 0 Å². The lowest BCUT2D eigenvalue weighted by Crippen LogP contribution is -2.44. The first-order valence-electron chi connectivity index (χ1n) is 8.99. The van der Waals surface area contributed by atoms with Gasteiger partial charge in [0.15, 0.2) is 0 Å². The average molecular weight is 338 g/mol. The Morgan fingerprint density at radius 2 is 2.00 bits per heavy atom. The summed E-state index contributed by atoms with van der Waals surface area (Å²) < 4.78 is 0. The van der Waals surface area contributed by atoms with E-state index < -0.39 is 0 Å². The van der Waals surface area contributed by atoms with Crippen LogP contribution < -0.4 is 4.90 Å². The molecule has 3 rings (SSSR count). The molecule has 0 N–H and O–H groups in total. The number of pyridine rings is 2. The predicted octanol–water partition coefficient (Wildman–Crippen LogP) is 3.17. The molecule has 1 aliphatic rings. The maximum absolute atomic E-state index is 12.8. The van der Waals surface area contributed by atoms with E-state index in [1.165, 1.54) is 6.42 Å². The molecule has 2 aromatic heterocycles. The maximum atomic E-state index is 12.8. The van der Waals surface area contributed by atoms with Gasteiger partial charge in [-0.05, 0) is 56.4 Å². The summed E-state index contributed by atoms with van der Waals surface area (Å²) in [6.07, 6.45) is 8.57. The van der Waals surface area contributed by atoms with Crippen LogP contribution in [0.1, 0.15) is 41.7 Å². The van der Waals surface area contributed by atoms with Crippen LogP contribution in [0.15, 0.2) is 42.7 Å². The lowest BCUT2D eigenvalue weighted by molar-refractivity contribution is 0.0601. The van der Waals surface area contributed by atoms with E-state index in [1.54, 1.807) is 24.5 Å². The minimum atomic E-state index is 0.127. The Kier molecular flexibility index (Phi) is 5.64. The highest BCUT2D eigenvalue weighted by molar-refractivity contribution is 5.94. The second kappa shape index (κ2) is 8.10. The number of anilines is 1. The molecule has 0 spiro atoms. The van der Waals surface area contributed by atoms with Crippen LogP contribution in [0.4, 0.5) is 5.82 Å². The van der Waals surface area contributed by atoms with Crippen LogP contribution in [-0.2, 0) is 6.42 Å². The van der Waals surface area contributed by atoms with Crippen LogP contribution in [0.3, 0.4) is 0 Å². The van der Waals surface area contributed by atoms with Gasteiger partial charge < -0.3 is 9.80 Å². The molecule has 0 aliphatic carbocycles. The van der Waals surface area contributed by atoms with Crippen LogP contribution in [0, 0.1) is 0 Å². The minimum absolute atomic E-state index is 0.127. The van der Waals surface area contributed by atoms with Crippen molar-refractivity contribution < 1.29 is 4.79 Å². The fourth-order valence-electron chi connectivity index (χ4n) is 3.40. The van der Waals surface area contributed by atoms with Gasteiger partial charge in [0.1, 0.15) is 5.82 Å². The van der Waals surface area contributed by atoms with Crippen molar-refractivity contribution in [2.24, 2.45) is 0 Å². The van der Waals surface area contributed by atoms with Gasteiger partial charge in [0.25, 0.3) is 5.91 Å². The van der Waals surface area contributed by atoms with Gasteiger partial charge in [-0.2, -0.15) is 0 Å². The van der Waals surface area contributed by atoms with Crippen molar-refractivity contribution in [3.8, 4) is 0 Å². The molecule has 0 aromatic carbocycles. The van der Waals surface area contributed by atoms with E-state index in [4.69, 9.17) is 4.98 Å². The molecule has 0 unspecified atom stereocenters. The molecule has 1 saturated heterocycles. The highest BCUT2D eigenvalue weighted by Gasteiger charge is 2.27. The third kappa shape index (κ3) is 4.35. The quantitative estimate of drug-likeness (QED) is 0.840. The average Bonchev–Trinajstić information content (AvgIpc) is 2.67. The molecule has 1 amide bonds. The number of hydrogen-bond donors (Lipinski definition) is 0. The van der Waals surface area contributed by atoms with E-state index in [1.807, 2.05) is 25.1 Å². The second-order valence-electron chi connectivity index (χ2n) is 6.80. The number of nitrogens with zero attached hydrogens (tertiary/aromatic N) is 4. The van der Waals surface area contributed by atoms with E-state index >= 15 is 0 Å². The van der Waals surface area contributed by atoms with E-state index in [2.05, 4.69) is 22.0 Å². The molecule has 5 heteroatoms. The van der Waals surface area contributed by atoms with Crippen LogP contribution in [0.2, 0.25) is 0 Å². The van der Waals surface area contributed by atoms with Gasteiger partial charge in [0.05, 0.1) is 0 Å². The topological polar surface area (TPSA) is 49.3 Å². The smallest absolute Gasteiger partial charge is 0.254 e. The summed E-state index contributed by atoms with van der Waals surface area (Å²) in [5, 5.41) is 0. The van der Waals surface area contributed by atoms with Crippen LogP contribution >= 0.6 is 0 Å². The summed E-state index contributed by atoms with van der Waals surface area (Å²) in [7, 11) is 4.00. The summed E-state index contributed by atoms with van der Waals surface area (Å²) in [6.45, 7) is 0.844. The van der Waals surface area contributed by atoms with Gasteiger partial charge in [0.2, 0.25) is 0 Å². The number of piperidine rings is 1. The predicted molar refractivity (Wildman–Crippen MR) is 99.8 cm³/mol. The van der Waals surface area contributed by atoms with Gasteiger partial charge in [-0.1, -0.05) is 6.07 Å². The molecule has 25 heavy (non-hydrogen) atoms. The van der Waals surface area contributed by atoms with Crippen molar-refractivity contribution in [1.82, 2.24) is 14.9 Å². The Bertz CT molecular complexity index is 702. The normalized spacial score (nSPS) is 17.4. The molecule has 0 saturated carbocycles. The molecule has 0 radical (unpaired) electrons.